The van der Waals surface area contributed by atoms with Crippen molar-refractivity contribution in [2.75, 3.05) is 32.7 Å². The molecule has 0 fully saturated rings. The average molecular weight is 398 g/mol. The lowest BCUT2D eigenvalue weighted by Crippen LogP contribution is -2.36. The third-order valence-corrected chi connectivity index (χ3v) is 4.21. The van der Waals surface area contributed by atoms with E-state index in [2.05, 4.69) is 10.6 Å². The number of carbonyl (C=O) groups is 1. The summed E-state index contributed by atoms with van der Waals surface area (Å²) in [6.45, 7) is 0.694. The van der Waals surface area contributed by atoms with E-state index in [1.54, 1.807) is 24.3 Å². The molecule has 140 valence electrons. The molecule has 0 spiro atoms. The minimum Gasteiger partial charge on any atom is -0.454 e. The number of carbonyl (C=O) groups excluding carboxylic acids is 1. The van der Waals surface area contributed by atoms with Crippen LogP contribution in [0.2, 0.25) is 5.02 Å². The number of halogens is 2. The van der Waals surface area contributed by atoms with Gasteiger partial charge >= 0.3 is 6.03 Å². The van der Waals surface area contributed by atoms with Crippen LogP contribution >= 0.6 is 24.0 Å². The second-order valence-corrected chi connectivity index (χ2v) is 6.37. The van der Waals surface area contributed by atoms with E-state index in [4.69, 9.17) is 21.1 Å². The molecule has 0 saturated carbocycles. The molecular formula is C18H21Cl2N3O3. The van der Waals surface area contributed by atoms with E-state index in [0.717, 1.165) is 17.1 Å². The third-order valence-electron chi connectivity index (χ3n) is 3.96. The van der Waals surface area contributed by atoms with Crippen molar-refractivity contribution in [3.8, 4) is 11.5 Å². The zero-order valence-electron chi connectivity index (χ0n) is 14.5. The van der Waals surface area contributed by atoms with Crippen LogP contribution in [0.3, 0.4) is 0 Å². The van der Waals surface area contributed by atoms with Crippen LogP contribution in [0.25, 0.3) is 0 Å². The van der Waals surface area contributed by atoms with Crippen LogP contribution in [0.5, 0.6) is 11.5 Å². The molecule has 0 radical (unpaired) electrons. The van der Waals surface area contributed by atoms with Gasteiger partial charge < -0.3 is 25.0 Å². The molecule has 1 aliphatic heterocycles. The maximum Gasteiger partial charge on any atom is 0.319 e. The second kappa shape index (κ2) is 8.98. The maximum absolute atomic E-state index is 12.1. The van der Waals surface area contributed by atoms with Gasteiger partial charge in [-0.3, -0.25) is 0 Å². The van der Waals surface area contributed by atoms with Gasteiger partial charge in [-0.1, -0.05) is 17.7 Å². The molecule has 6 nitrogen and oxygen atoms in total. The summed E-state index contributed by atoms with van der Waals surface area (Å²) in [6, 6.07) is 12.5. The molecule has 8 heteroatoms. The van der Waals surface area contributed by atoms with Crippen molar-refractivity contribution >= 4 is 35.7 Å². The Morgan fingerprint density at radius 1 is 1.15 bits per heavy atom. The highest BCUT2D eigenvalue weighted by molar-refractivity contribution is 6.30. The molecule has 1 atom stereocenters. The van der Waals surface area contributed by atoms with Crippen LogP contribution in [-0.2, 0) is 0 Å². The Hall–Kier alpha value is -2.15. The number of fused-ring (bicyclic) bond motifs is 1. The molecule has 2 N–H and O–H groups in total. The predicted octanol–water partition coefficient (Wildman–Crippen LogP) is 3.91. The van der Waals surface area contributed by atoms with Crippen molar-refractivity contribution in [2.45, 2.75) is 6.04 Å². The van der Waals surface area contributed by atoms with Crippen molar-refractivity contribution in [1.29, 1.82) is 0 Å². The Labute approximate surface area is 163 Å². The lowest BCUT2D eigenvalue weighted by Gasteiger charge is -2.25. The van der Waals surface area contributed by atoms with Crippen LogP contribution in [0, 0.1) is 0 Å². The fourth-order valence-electron chi connectivity index (χ4n) is 2.62. The van der Waals surface area contributed by atoms with Gasteiger partial charge in [-0.25, -0.2) is 4.79 Å². The van der Waals surface area contributed by atoms with E-state index in [1.165, 1.54) is 0 Å². The molecule has 2 aromatic rings. The zero-order chi connectivity index (χ0) is 17.8. The summed E-state index contributed by atoms with van der Waals surface area (Å²) in [6.07, 6.45) is 0. The van der Waals surface area contributed by atoms with E-state index in [0.29, 0.717) is 17.3 Å². The molecule has 3 rings (SSSR count). The van der Waals surface area contributed by atoms with Crippen LogP contribution in [0.4, 0.5) is 10.5 Å². The maximum atomic E-state index is 12.1. The Balaban J connectivity index is 0.00000243. The summed E-state index contributed by atoms with van der Waals surface area (Å²) >= 11 is 5.84. The third kappa shape index (κ3) is 4.94. The van der Waals surface area contributed by atoms with Crippen molar-refractivity contribution in [1.82, 2.24) is 10.2 Å². The standard InChI is InChI=1S/C18H20ClN3O3.ClH/c1-22(2)15(12-3-8-16-17(9-12)25-11-24-16)10-20-18(23)21-14-6-4-13(19)5-7-14;/h3-9,15H,10-11H2,1-2H3,(H2,20,21,23);1H. The first kappa shape index (κ1) is 20.2. The van der Waals surface area contributed by atoms with Crippen molar-refractivity contribution in [2.24, 2.45) is 0 Å². The molecule has 1 unspecified atom stereocenters. The van der Waals surface area contributed by atoms with E-state index in [1.807, 2.05) is 37.2 Å². The first-order chi connectivity index (χ1) is 12.0. The van der Waals surface area contributed by atoms with Crippen LogP contribution in [0.1, 0.15) is 11.6 Å². The van der Waals surface area contributed by atoms with E-state index < -0.39 is 0 Å². The first-order valence-electron chi connectivity index (χ1n) is 7.89. The lowest BCUT2D eigenvalue weighted by molar-refractivity contribution is 0.174. The molecular weight excluding hydrogens is 377 g/mol. The number of nitrogens with zero attached hydrogens (tertiary/aromatic N) is 1. The van der Waals surface area contributed by atoms with E-state index >= 15 is 0 Å². The summed E-state index contributed by atoms with van der Waals surface area (Å²) in [5.74, 6) is 1.48. The van der Waals surface area contributed by atoms with Crippen molar-refractivity contribution < 1.29 is 14.3 Å². The lowest BCUT2D eigenvalue weighted by atomic mass is 10.1. The monoisotopic (exact) mass is 397 g/mol. The van der Waals surface area contributed by atoms with Crippen LogP contribution in [0.15, 0.2) is 42.5 Å². The molecule has 26 heavy (non-hydrogen) atoms. The Kier molecular flexibility index (Phi) is 6.97. The smallest absolute Gasteiger partial charge is 0.319 e. The predicted molar refractivity (Wildman–Crippen MR) is 105 cm³/mol. The number of ether oxygens (including phenoxy) is 2. The van der Waals surface area contributed by atoms with Gasteiger partial charge in [0.2, 0.25) is 6.79 Å². The fraction of sp³-hybridized carbons (Fsp3) is 0.278. The fourth-order valence-corrected chi connectivity index (χ4v) is 2.74. The number of hydrogen-bond acceptors (Lipinski definition) is 4. The minimum atomic E-state index is -0.269. The number of urea groups is 1. The summed E-state index contributed by atoms with van der Waals surface area (Å²) in [5.41, 5.74) is 1.73. The summed E-state index contributed by atoms with van der Waals surface area (Å²) in [4.78, 5) is 14.2. The largest absolute Gasteiger partial charge is 0.454 e. The highest BCUT2D eigenvalue weighted by Crippen LogP contribution is 2.34. The Morgan fingerprint density at radius 3 is 2.54 bits per heavy atom. The molecule has 0 aromatic heterocycles. The minimum absolute atomic E-state index is 0. The van der Waals surface area contributed by atoms with E-state index in [-0.39, 0.29) is 31.3 Å². The van der Waals surface area contributed by atoms with Crippen molar-refractivity contribution in [3.63, 3.8) is 0 Å². The van der Waals surface area contributed by atoms with Gasteiger partial charge in [0.1, 0.15) is 0 Å². The normalized spacial score (nSPS) is 13.1. The van der Waals surface area contributed by atoms with Gasteiger partial charge in [0.05, 0.1) is 6.04 Å². The number of amides is 2. The number of anilines is 1. The molecule has 2 amide bonds. The number of nitrogens with one attached hydrogen (secondary N) is 2. The molecule has 2 aromatic carbocycles. The summed E-state index contributed by atoms with van der Waals surface area (Å²) < 4.78 is 10.8. The van der Waals surface area contributed by atoms with Crippen LogP contribution < -0.4 is 20.1 Å². The molecule has 0 aliphatic carbocycles. The highest BCUT2D eigenvalue weighted by Gasteiger charge is 2.20. The average Bonchev–Trinajstić information content (AvgIpc) is 3.04. The van der Waals surface area contributed by atoms with Gasteiger partial charge in [0.25, 0.3) is 0 Å². The van der Waals surface area contributed by atoms with Crippen molar-refractivity contribution in [3.05, 3.63) is 53.1 Å². The molecule has 1 heterocycles. The van der Waals surface area contributed by atoms with Gasteiger partial charge in [-0.05, 0) is 56.1 Å². The van der Waals surface area contributed by atoms with E-state index in [9.17, 15) is 4.79 Å². The second-order valence-electron chi connectivity index (χ2n) is 5.93. The van der Waals surface area contributed by atoms with Crippen LogP contribution in [-0.4, -0.2) is 38.4 Å². The molecule has 0 bridgehead atoms. The Bertz CT molecular complexity index is 754. The summed E-state index contributed by atoms with van der Waals surface area (Å²) in [5, 5.41) is 6.31. The number of hydrogen-bond donors (Lipinski definition) is 2. The number of likely N-dealkylation sites (N-methyl/N-ethyl adjacent to an activating group) is 1. The summed E-state index contributed by atoms with van der Waals surface area (Å²) in [7, 11) is 3.93. The molecule has 0 saturated heterocycles. The van der Waals surface area contributed by atoms with Gasteiger partial charge in [0, 0.05) is 17.3 Å². The van der Waals surface area contributed by atoms with Gasteiger partial charge in [0.15, 0.2) is 11.5 Å². The topological polar surface area (TPSA) is 62.8 Å². The first-order valence-corrected chi connectivity index (χ1v) is 8.27. The quantitative estimate of drug-likeness (QED) is 0.802. The van der Waals surface area contributed by atoms with Gasteiger partial charge in [-0.2, -0.15) is 0 Å². The highest BCUT2D eigenvalue weighted by atomic mass is 35.5. The SMILES string of the molecule is CN(C)C(CNC(=O)Nc1ccc(Cl)cc1)c1ccc2c(c1)OCO2.Cl. The number of benzene rings is 2. The molecule has 1 aliphatic rings. The zero-order valence-corrected chi connectivity index (χ0v) is 16.1. The Morgan fingerprint density at radius 2 is 1.85 bits per heavy atom. The van der Waals surface area contributed by atoms with Gasteiger partial charge in [-0.15, -0.1) is 12.4 Å². The number of rotatable bonds is 5.